The molecule has 2 N–H and O–H groups in total. The van der Waals surface area contributed by atoms with Gasteiger partial charge in [-0.05, 0) is 6.42 Å². The number of unbranched alkanes of at least 4 members (excludes halogenated alkanes) is 10. The molecule has 0 fully saturated rings. The SMILES string of the molecule is CCCCCCCCCCCCCC(=O)CNCCS(=O)(=O)O.[Na+]. The van der Waals surface area contributed by atoms with E-state index in [1.165, 1.54) is 57.8 Å². The summed E-state index contributed by atoms with van der Waals surface area (Å²) in [4.78, 5) is 11.6. The number of rotatable bonds is 17. The Hall–Kier alpha value is 0.540. The molecule has 0 aromatic carbocycles. The van der Waals surface area contributed by atoms with Crippen LogP contribution in [0.3, 0.4) is 0 Å². The Bertz CT molecular complexity index is 388. The molecule has 138 valence electrons. The van der Waals surface area contributed by atoms with E-state index in [4.69, 9.17) is 4.55 Å². The second-order valence-corrected chi connectivity index (χ2v) is 7.86. The largest absolute Gasteiger partial charge is 1.00 e. The normalized spacial score (nSPS) is 11.2. The molecule has 0 aromatic rings. The summed E-state index contributed by atoms with van der Waals surface area (Å²) in [5, 5.41) is 2.74. The number of Topliss-reactive ketones (excluding diaryl/α,β-unsaturated/α-hetero) is 1. The molecule has 0 saturated heterocycles. The van der Waals surface area contributed by atoms with Crippen molar-refractivity contribution in [1.82, 2.24) is 5.32 Å². The molecule has 0 aromatic heterocycles. The van der Waals surface area contributed by atoms with E-state index in [0.29, 0.717) is 6.42 Å². The van der Waals surface area contributed by atoms with Crippen molar-refractivity contribution in [1.29, 1.82) is 0 Å². The summed E-state index contributed by atoms with van der Waals surface area (Å²) in [6.45, 7) is 2.54. The first-order valence-corrected chi connectivity index (χ1v) is 10.7. The molecule has 0 radical (unpaired) electrons. The zero-order valence-electron chi connectivity index (χ0n) is 15.7. The summed E-state index contributed by atoms with van der Waals surface area (Å²) in [5.41, 5.74) is 0. The molecule has 0 saturated carbocycles. The van der Waals surface area contributed by atoms with Crippen LogP contribution in [-0.4, -0.2) is 37.6 Å². The minimum Gasteiger partial charge on any atom is -0.309 e. The summed E-state index contributed by atoms with van der Waals surface area (Å²) >= 11 is 0. The number of hydrogen-bond acceptors (Lipinski definition) is 4. The van der Waals surface area contributed by atoms with Gasteiger partial charge in [-0.3, -0.25) is 9.35 Å². The number of hydrogen-bond donors (Lipinski definition) is 2. The first kappa shape index (κ1) is 26.8. The van der Waals surface area contributed by atoms with Crippen molar-refractivity contribution in [2.75, 3.05) is 18.8 Å². The Morgan fingerprint density at radius 2 is 1.33 bits per heavy atom. The third-order valence-electron chi connectivity index (χ3n) is 3.92. The third kappa shape index (κ3) is 22.5. The smallest absolute Gasteiger partial charge is 0.309 e. The van der Waals surface area contributed by atoms with Crippen LogP contribution < -0.4 is 34.9 Å². The van der Waals surface area contributed by atoms with Gasteiger partial charge in [-0.1, -0.05) is 71.1 Å². The van der Waals surface area contributed by atoms with Gasteiger partial charge in [0.2, 0.25) is 0 Å². The van der Waals surface area contributed by atoms with Crippen LogP contribution in [0.2, 0.25) is 0 Å². The van der Waals surface area contributed by atoms with Crippen molar-refractivity contribution in [3.63, 3.8) is 0 Å². The maximum atomic E-state index is 11.6. The van der Waals surface area contributed by atoms with E-state index < -0.39 is 10.1 Å². The fraction of sp³-hybridized carbons (Fsp3) is 0.941. The molecule has 7 heteroatoms. The topological polar surface area (TPSA) is 83.5 Å². The van der Waals surface area contributed by atoms with E-state index in [0.717, 1.165) is 12.8 Å². The van der Waals surface area contributed by atoms with E-state index in [1.54, 1.807) is 0 Å². The van der Waals surface area contributed by atoms with Crippen LogP contribution in [0.25, 0.3) is 0 Å². The monoisotopic (exact) mass is 372 g/mol. The summed E-state index contributed by atoms with van der Waals surface area (Å²) in [7, 11) is -3.93. The molecule has 0 aliphatic rings. The van der Waals surface area contributed by atoms with Crippen LogP contribution in [0.5, 0.6) is 0 Å². The standard InChI is InChI=1S/C17H35NO4S.Na/c1-2-3-4-5-6-7-8-9-10-11-12-13-17(19)16-18-14-15-23(20,21)22;/h18H,2-16H2,1H3,(H,20,21,22);/q;+1. The fourth-order valence-electron chi connectivity index (χ4n) is 2.50. The first-order valence-electron chi connectivity index (χ1n) is 9.13. The van der Waals surface area contributed by atoms with Crippen LogP contribution in [0, 0.1) is 0 Å². The third-order valence-corrected chi connectivity index (χ3v) is 4.64. The maximum absolute atomic E-state index is 11.6. The molecule has 5 nitrogen and oxygen atoms in total. The van der Waals surface area contributed by atoms with Gasteiger partial charge in [-0.25, -0.2) is 0 Å². The average molecular weight is 373 g/mol. The van der Waals surface area contributed by atoms with Gasteiger partial charge >= 0.3 is 29.6 Å². The molecule has 0 amide bonds. The molecule has 0 rings (SSSR count). The van der Waals surface area contributed by atoms with Gasteiger partial charge < -0.3 is 5.32 Å². The summed E-state index contributed by atoms with van der Waals surface area (Å²) in [6.07, 6.45) is 14.4. The van der Waals surface area contributed by atoms with E-state index in [1.807, 2.05) is 0 Å². The average Bonchev–Trinajstić information content (AvgIpc) is 2.48. The maximum Gasteiger partial charge on any atom is 1.00 e. The van der Waals surface area contributed by atoms with E-state index >= 15 is 0 Å². The van der Waals surface area contributed by atoms with Crippen molar-refractivity contribution in [3.05, 3.63) is 0 Å². The van der Waals surface area contributed by atoms with Crippen LogP contribution >= 0.6 is 0 Å². The molecule has 24 heavy (non-hydrogen) atoms. The molecule has 0 bridgehead atoms. The van der Waals surface area contributed by atoms with Gasteiger partial charge in [0.1, 0.15) is 5.78 Å². The summed E-state index contributed by atoms with van der Waals surface area (Å²) in [6, 6.07) is 0. The summed E-state index contributed by atoms with van der Waals surface area (Å²) < 4.78 is 29.5. The van der Waals surface area contributed by atoms with Crippen LogP contribution in [0.4, 0.5) is 0 Å². The van der Waals surface area contributed by atoms with Crippen molar-refractivity contribution >= 4 is 15.9 Å². The predicted octanol–water partition coefficient (Wildman–Crippen LogP) is 0.738. The van der Waals surface area contributed by atoms with E-state index in [2.05, 4.69) is 12.2 Å². The predicted molar refractivity (Wildman–Crippen MR) is 95.4 cm³/mol. The number of carbonyl (C=O) groups is 1. The second kappa shape index (κ2) is 18.3. The fourth-order valence-corrected chi connectivity index (χ4v) is 2.91. The molecule has 0 heterocycles. The van der Waals surface area contributed by atoms with Gasteiger partial charge in [0.05, 0.1) is 12.3 Å². The van der Waals surface area contributed by atoms with Crippen LogP contribution in [-0.2, 0) is 14.9 Å². The van der Waals surface area contributed by atoms with Crippen LogP contribution in [0.1, 0.15) is 84.0 Å². The zero-order chi connectivity index (χ0) is 17.4. The minimum absolute atomic E-state index is 0. The van der Waals surface area contributed by atoms with Gasteiger partial charge in [0.15, 0.2) is 0 Å². The second-order valence-electron chi connectivity index (χ2n) is 6.29. The molecular formula is C17H35NNaO4S+. The molecule has 0 aliphatic carbocycles. The van der Waals surface area contributed by atoms with Gasteiger partial charge in [0, 0.05) is 13.0 Å². The molecular weight excluding hydrogens is 337 g/mol. The summed E-state index contributed by atoms with van der Waals surface area (Å²) in [5.74, 6) is -0.241. The first-order chi connectivity index (χ1) is 11.0. The van der Waals surface area contributed by atoms with Crippen molar-refractivity contribution in [2.45, 2.75) is 84.0 Å². The van der Waals surface area contributed by atoms with Gasteiger partial charge in [-0.2, -0.15) is 8.42 Å². The van der Waals surface area contributed by atoms with Crippen molar-refractivity contribution in [3.8, 4) is 0 Å². The number of nitrogens with one attached hydrogen (secondary N) is 1. The van der Waals surface area contributed by atoms with E-state index in [-0.39, 0.29) is 54.2 Å². The van der Waals surface area contributed by atoms with Gasteiger partial charge in [-0.15, -0.1) is 0 Å². The Morgan fingerprint density at radius 1 is 0.875 bits per heavy atom. The minimum atomic E-state index is -3.93. The Morgan fingerprint density at radius 3 is 1.79 bits per heavy atom. The van der Waals surface area contributed by atoms with Crippen LogP contribution in [0.15, 0.2) is 0 Å². The Labute approximate surface area is 170 Å². The molecule has 0 spiro atoms. The molecule has 0 aliphatic heterocycles. The molecule has 0 atom stereocenters. The Balaban J connectivity index is 0. The van der Waals surface area contributed by atoms with E-state index in [9.17, 15) is 13.2 Å². The molecule has 0 unspecified atom stereocenters. The van der Waals surface area contributed by atoms with Gasteiger partial charge in [0.25, 0.3) is 10.1 Å². The van der Waals surface area contributed by atoms with Crippen molar-refractivity contribution < 1.29 is 47.3 Å². The Kier molecular flexibility index (Phi) is 20.4. The number of ketones is 1. The number of carbonyl (C=O) groups excluding carboxylic acids is 1. The van der Waals surface area contributed by atoms with Crippen molar-refractivity contribution in [2.24, 2.45) is 0 Å². The zero-order valence-corrected chi connectivity index (χ0v) is 18.5. The quantitative estimate of drug-likeness (QED) is 0.223.